The average molecular weight is 386 g/mol. The fraction of sp³-hybridized carbons (Fsp3) is 0.565. The van der Waals surface area contributed by atoms with E-state index in [1.807, 2.05) is 43.0 Å². The molecule has 0 aliphatic heterocycles. The topological polar surface area (TPSA) is 61.4 Å². The molecule has 1 aromatic carbocycles. The van der Waals surface area contributed by atoms with Gasteiger partial charge in [0.2, 0.25) is 11.8 Å². The Morgan fingerprint density at radius 3 is 2.68 bits per heavy atom. The molecule has 5 nitrogen and oxygen atoms in total. The van der Waals surface area contributed by atoms with Crippen LogP contribution in [-0.2, 0) is 9.59 Å². The highest BCUT2D eigenvalue weighted by Crippen LogP contribution is 2.19. The van der Waals surface area contributed by atoms with Gasteiger partial charge in [0.05, 0.1) is 12.6 Å². The number of anilines is 1. The van der Waals surface area contributed by atoms with E-state index in [0.717, 1.165) is 30.5 Å². The second-order valence-electron chi connectivity index (χ2n) is 7.66. The second kappa shape index (κ2) is 11.6. The Hall–Kier alpha value is -2.14. The number of aryl methyl sites for hydroxylation is 1. The van der Waals surface area contributed by atoms with Gasteiger partial charge in [-0.05, 0) is 70.5 Å². The van der Waals surface area contributed by atoms with Crippen LogP contribution in [0.1, 0.15) is 57.9 Å². The van der Waals surface area contributed by atoms with Gasteiger partial charge in [-0.2, -0.15) is 0 Å². The van der Waals surface area contributed by atoms with E-state index in [1.165, 1.54) is 24.8 Å². The lowest BCUT2D eigenvalue weighted by atomic mass is 9.97. The summed E-state index contributed by atoms with van der Waals surface area (Å²) in [6.07, 6.45) is 9.01. The lowest BCUT2D eigenvalue weighted by Gasteiger charge is -2.27. The van der Waals surface area contributed by atoms with E-state index in [0.29, 0.717) is 13.1 Å². The highest BCUT2D eigenvalue weighted by Gasteiger charge is 2.23. The number of hydrogen-bond donors (Lipinski definition) is 2. The number of nitrogens with one attached hydrogen (secondary N) is 2. The molecule has 1 aliphatic rings. The number of carbonyl (C=O) groups is 2. The predicted molar refractivity (Wildman–Crippen MR) is 115 cm³/mol. The van der Waals surface area contributed by atoms with E-state index in [4.69, 9.17) is 0 Å². The molecule has 2 N–H and O–H groups in total. The molecule has 28 heavy (non-hydrogen) atoms. The Morgan fingerprint density at radius 1 is 1.21 bits per heavy atom. The molecule has 0 bridgehead atoms. The first-order valence-electron chi connectivity index (χ1n) is 10.6. The van der Waals surface area contributed by atoms with Crippen LogP contribution in [0.25, 0.3) is 0 Å². The van der Waals surface area contributed by atoms with Gasteiger partial charge >= 0.3 is 0 Å². The molecule has 0 radical (unpaired) electrons. The van der Waals surface area contributed by atoms with Crippen LogP contribution in [0.15, 0.2) is 35.9 Å². The van der Waals surface area contributed by atoms with Crippen molar-refractivity contribution in [3.8, 4) is 0 Å². The number of amides is 2. The normalized spacial score (nSPS) is 15.1. The summed E-state index contributed by atoms with van der Waals surface area (Å²) in [5.41, 5.74) is 3.31. The average Bonchev–Trinajstić information content (AvgIpc) is 2.69. The first kappa shape index (κ1) is 22.2. The minimum Gasteiger partial charge on any atom is -0.354 e. The third-order valence-corrected chi connectivity index (χ3v) is 5.33. The van der Waals surface area contributed by atoms with Crippen LogP contribution in [0, 0.1) is 6.92 Å². The number of rotatable bonds is 10. The van der Waals surface area contributed by atoms with Crippen LogP contribution in [0.3, 0.4) is 0 Å². The van der Waals surface area contributed by atoms with Gasteiger partial charge in [0.15, 0.2) is 0 Å². The first-order valence-corrected chi connectivity index (χ1v) is 10.6. The van der Waals surface area contributed by atoms with E-state index in [-0.39, 0.29) is 24.4 Å². The molecular formula is C23H35N3O2. The van der Waals surface area contributed by atoms with Gasteiger partial charge in [0, 0.05) is 12.2 Å². The Labute approximate surface area is 169 Å². The second-order valence-corrected chi connectivity index (χ2v) is 7.66. The quantitative estimate of drug-likeness (QED) is 0.598. The molecule has 0 aromatic heterocycles. The Bertz CT molecular complexity index is 684. The number of carbonyl (C=O) groups excluding carboxylic acids is 2. The third kappa shape index (κ3) is 7.12. The fourth-order valence-corrected chi connectivity index (χ4v) is 3.58. The predicted octanol–water partition coefficient (Wildman–Crippen LogP) is 4.04. The molecule has 1 atom stereocenters. The number of benzene rings is 1. The third-order valence-electron chi connectivity index (χ3n) is 5.33. The molecule has 2 amide bonds. The van der Waals surface area contributed by atoms with Crippen molar-refractivity contribution in [1.29, 1.82) is 0 Å². The minimum atomic E-state index is -0.331. The summed E-state index contributed by atoms with van der Waals surface area (Å²) in [6.45, 7) is 7.50. The number of allylic oxidation sites excluding steroid dienone is 1. The van der Waals surface area contributed by atoms with Gasteiger partial charge in [-0.15, -0.1) is 0 Å². The van der Waals surface area contributed by atoms with Crippen molar-refractivity contribution in [2.24, 2.45) is 0 Å². The summed E-state index contributed by atoms with van der Waals surface area (Å²) in [5.74, 6) is -0.0942. The van der Waals surface area contributed by atoms with Crippen LogP contribution in [0.4, 0.5) is 5.69 Å². The summed E-state index contributed by atoms with van der Waals surface area (Å²) in [6, 6.07) is 7.39. The number of hydrogen-bond acceptors (Lipinski definition) is 3. The maximum absolute atomic E-state index is 12.6. The van der Waals surface area contributed by atoms with Gasteiger partial charge in [-0.1, -0.05) is 36.8 Å². The van der Waals surface area contributed by atoms with Gasteiger partial charge < -0.3 is 10.6 Å². The summed E-state index contributed by atoms with van der Waals surface area (Å²) >= 11 is 0. The van der Waals surface area contributed by atoms with E-state index in [2.05, 4.69) is 23.6 Å². The molecule has 1 aromatic rings. The zero-order valence-electron chi connectivity index (χ0n) is 17.6. The fourth-order valence-electron chi connectivity index (χ4n) is 3.58. The molecule has 0 saturated carbocycles. The van der Waals surface area contributed by atoms with E-state index < -0.39 is 0 Å². The highest BCUT2D eigenvalue weighted by atomic mass is 16.2. The van der Waals surface area contributed by atoms with Crippen molar-refractivity contribution in [2.45, 2.75) is 65.3 Å². The Morgan fingerprint density at radius 2 is 2.00 bits per heavy atom. The Kier molecular flexibility index (Phi) is 9.21. The molecule has 1 aliphatic carbocycles. The van der Waals surface area contributed by atoms with Crippen LogP contribution in [0.5, 0.6) is 0 Å². The van der Waals surface area contributed by atoms with Crippen molar-refractivity contribution in [1.82, 2.24) is 10.2 Å². The monoisotopic (exact) mass is 385 g/mol. The minimum absolute atomic E-state index is 0.00597. The summed E-state index contributed by atoms with van der Waals surface area (Å²) in [5, 5.41) is 6.01. The molecule has 0 fully saturated rings. The summed E-state index contributed by atoms with van der Waals surface area (Å²) in [7, 11) is 0. The molecule has 1 unspecified atom stereocenters. The van der Waals surface area contributed by atoms with Crippen molar-refractivity contribution >= 4 is 17.5 Å². The van der Waals surface area contributed by atoms with E-state index in [9.17, 15) is 9.59 Å². The molecule has 154 valence electrons. The Balaban J connectivity index is 1.84. The number of nitrogens with zero attached hydrogens (tertiary/aromatic N) is 1. The lowest BCUT2D eigenvalue weighted by molar-refractivity contribution is -0.127. The van der Waals surface area contributed by atoms with Crippen LogP contribution in [-0.4, -0.2) is 42.4 Å². The summed E-state index contributed by atoms with van der Waals surface area (Å²) in [4.78, 5) is 27.0. The highest BCUT2D eigenvalue weighted by molar-refractivity contribution is 5.93. The molecule has 2 rings (SSSR count). The van der Waals surface area contributed by atoms with E-state index >= 15 is 0 Å². The van der Waals surface area contributed by atoms with Crippen LogP contribution < -0.4 is 10.6 Å². The zero-order chi connectivity index (χ0) is 20.4. The van der Waals surface area contributed by atoms with Crippen molar-refractivity contribution in [3.05, 3.63) is 41.5 Å². The zero-order valence-corrected chi connectivity index (χ0v) is 17.6. The molecule has 0 spiro atoms. The lowest BCUT2D eigenvalue weighted by Crippen LogP contribution is -2.48. The maximum atomic E-state index is 12.6. The first-order chi connectivity index (χ1) is 13.5. The van der Waals surface area contributed by atoms with Gasteiger partial charge in [0.25, 0.3) is 0 Å². The number of para-hydroxylation sites is 1. The van der Waals surface area contributed by atoms with Gasteiger partial charge in [-0.25, -0.2) is 0 Å². The van der Waals surface area contributed by atoms with Crippen molar-refractivity contribution in [2.75, 3.05) is 25.0 Å². The molecular weight excluding hydrogens is 350 g/mol. The van der Waals surface area contributed by atoms with Crippen LogP contribution >= 0.6 is 0 Å². The van der Waals surface area contributed by atoms with Crippen molar-refractivity contribution in [3.63, 3.8) is 0 Å². The van der Waals surface area contributed by atoms with E-state index in [1.54, 1.807) is 0 Å². The van der Waals surface area contributed by atoms with Crippen LogP contribution in [0.2, 0.25) is 0 Å². The van der Waals surface area contributed by atoms with Crippen molar-refractivity contribution < 1.29 is 9.59 Å². The van der Waals surface area contributed by atoms with Gasteiger partial charge in [-0.3, -0.25) is 14.5 Å². The largest absolute Gasteiger partial charge is 0.354 e. The SMILES string of the molecule is CCCN(CC(=O)Nc1ccccc1C)C(C)C(=O)NCCC1=CCCCC1. The standard InChI is InChI=1S/C23H35N3O2/c1-4-16-26(17-22(27)25-21-13-9-8-10-18(21)2)19(3)23(28)24-15-14-20-11-6-5-7-12-20/h8-11,13,19H,4-7,12,14-17H2,1-3H3,(H,24,28)(H,25,27). The molecule has 5 heteroatoms. The maximum Gasteiger partial charge on any atom is 0.238 e. The van der Waals surface area contributed by atoms with Gasteiger partial charge in [0.1, 0.15) is 0 Å². The molecule has 0 saturated heterocycles. The smallest absolute Gasteiger partial charge is 0.238 e. The summed E-state index contributed by atoms with van der Waals surface area (Å²) < 4.78 is 0. The molecule has 0 heterocycles.